The molecule has 35 heavy (non-hydrogen) atoms. The molecule has 0 bridgehead atoms. The Morgan fingerprint density at radius 1 is 1.09 bits per heavy atom. The molecular formula is C25H24F2N2O5S. The van der Waals surface area contributed by atoms with Crippen molar-refractivity contribution in [1.82, 2.24) is 10.2 Å². The van der Waals surface area contributed by atoms with Gasteiger partial charge in [-0.25, -0.2) is 13.6 Å². The average molecular weight is 503 g/mol. The number of benzene rings is 2. The van der Waals surface area contributed by atoms with Gasteiger partial charge in [0.1, 0.15) is 17.8 Å². The zero-order valence-electron chi connectivity index (χ0n) is 18.7. The summed E-state index contributed by atoms with van der Waals surface area (Å²) in [7, 11) is 0. The molecule has 1 saturated carbocycles. The van der Waals surface area contributed by atoms with E-state index in [0.717, 1.165) is 22.3 Å². The third-order valence-electron chi connectivity index (χ3n) is 6.93. The van der Waals surface area contributed by atoms with Gasteiger partial charge in [-0.05, 0) is 22.3 Å². The molecule has 2 aromatic carbocycles. The number of aliphatic carboxylic acids is 1. The van der Waals surface area contributed by atoms with Crippen LogP contribution in [0.2, 0.25) is 0 Å². The second-order valence-corrected chi connectivity index (χ2v) is 10.3. The number of thioether (sulfide) groups is 1. The van der Waals surface area contributed by atoms with Crippen molar-refractivity contribution in [2.24, 2.45) is 11.8 Å². The van der Waals surface area contributed by atoms with Gasteiger partial charge in [0.2, 0.25) is 5.91 Å². The summed E-state index contributed by atoms with van der Waals surface area (Å²) in [6.45, 7) is -0.208. The highest BCUT2D eigenvalue weighted by Gasteiger charge is 2.72. The largest absolute Gasteiger partial charge is 0.480 e. The monoisotopic (exact) mass is 502 g/mol. The molecule has 0 spiro atoms. The fourth-order valence-electron chi connectivity index (χ4n) is 5.02. The summed E-state index contributed by atoms with van der Waals surface area (Å²) in [6, 6.07) is 15.7. The van der Waals surface area contributed by atoms with E-state index >= 15 is 0 Å². The van der Waals surface area contributed by atoms with Gasteiger partial charge in [0, 0.05) is 31.3 Å². The van der Waals surface area contributed by atoms with Crippen LogP contribution in [-0.2, 0) is 14.3 Å². The van der Waals surface area contributed by atoms with Gasteiger partial charge < -0.3 is 20.1 Å². The van der Waals surface area contributed by atoms with E-state index in [4.69, 9.17) is 9.84 Å². The lowest BCUT2D eigenvalue weighted by molar-refractivity contribution is -0.139. The number of nitrogens with one attached hydrogen (secondary N) is 1. The Balaban J connectivity index is 1.16. The number of ether oxygens (including phenoxy) is 1. The van der Waals surface area contributed by atoms with Crippen LogP contribution in [0.25, 0.3) is 11.1 Å². The first-order valence-electron chi connectivity index (χ1n) is 11.4. The van der Waals surface area contributed by atoms with Gasteiger partial charge in [0.05, 0.1) is 5.92 Å². The maximum Gasteiger partial charge on any atom is 0.407 e. The number of alkyl halides is 2. The smallest absolute Gasteiger partial charge is 0.407 e. The molecule has 2 aliphatic carbocycles. The third-order valence-corrected chi connectivity index (χ3v) is 8.10. The SMILES string of the molecule is O=C(NCC1C(C(=O)N2CCSC(C(=O)O)C2)C1(F)F)OCC1c2ccccc2-c2ccccc21. The van der Waals surface area contributed by atoms with Crippen LogP contribution >= 0.6 is 11.8 Å². The van der Waals surface area contributed by atoms with Crippen molar-refractivity contribution in [1.29, 1.82) is 0 Å². The molecule has 1 aliphatic heterocycles. The molecule has 3 aliphatic rings. The molecule has 3 unspecified atom stereocenters. The highest BCUT2D eigenvalue weighted by atomic mass is 32.2. The van der Waals surface area contributed by atoms with Gasteiger partial charge in [-0.15, -0.1) is 11.8 Å². The molecule has 1 saturated heterocycles. The van der Waals surface area contributed by atoms with E-state index in [0.29, 0.717) is 5.75 Å². The lowest BCUT2D eigenvalue weighted by atomic mass is 9.98. The number of fused-ring (bicyclic) bond motifs is 3. The molecule has 0 aromatic heterocycles. The molecule has 184 valence electrons. The van der Waals surface area contributed by atoms with Gasteiger partial charge >= 0.3 is 12.1 Å². The number of amides is 2. The first-order chi connectivity index (χ1) is 16.8. The topological polar surface area (TPSA) is 95.9 Å². The van der Waals surface area contributed by atoms with Crippen molar-refractivity contribution in [2.75, 3.05) is 32.0 Å². The second kappa shape index (κ2) is 9.14. The Kier molecular flexibility index (Phi) is 6.16. The minimum Gasteiger partial charge on any atom is -0.480 e. The first kappa shape index (κ1) is 23.6. The summed E-state index contributed by atoms with van der Waals surface area (Å²) in [5, 5.41) is 10.7. The molecule has 2 fully saturated rings. The van der Waals surface area contributed by atoms with E-state index in [1.54, 1.807) is 0 Å². The van der Waals surface area contributed by atoms with E-state index in [9.17, 15) is 23.2 Å². The Hall–Kier alpha value is -3.14. The lowest BCUT2D eigenvalue weighted by Crippen LogP contribution is -2.46. The van der Waals surface area contributed by atoms with Crippen LogP contribution in [0.5, 0.6) is 0 Å². The Labute approximate surface area is 204 Å². The lowest BCUT2D eigenvalue weighted by Gasteiger charge is -2.30. The fourth-order valence-corrected chi connectivity index (χ4v) is 6.06. The minimum atomic E-state index is -3.25. The summed E-state index contributed by atoms with van der Waals surface area (Å²) in [6.07, 6.45) is -0.818. The normalized spacial score (nSPS) is 24.3. The van der Waals surface area contributed by atoms with Gasteiger partial charge in [-0.1, -0.05) is 48.5 Å². The van der Waals surface area contributed by atoms with Gasteiger partial charge in [0.25, 0.3) is 5.92 Å². The molecule has 10 heteroatoms. The summed E-state index contributed by atoms with van der Waals surface area (Å²) in [5.74, 6) is -7.75. The van der Waals surface area contributed by atoms with E-state index in [1.165, 1.54) is 16.7 Å². The van der Waals surface area contributed by atoms with Crippen molar-refractivity contribution in [3.05, 3.63) is 59.7 Å². The van der Waals surface area contributed by atoms with Crippen LogP contribution in [0.4, 0.5) is 13.6 Å². The number of hydrogen-bond acceptors (Lipinski definition) is 5. The zero-order chi connectivity index (χ0) is 24.7. The maximum atomic E-state index is 14.4. The maximum absolute atomic E-state index is 14.4. The number of halogens is 2. The van der Waals surface area contributed by atoms with Crippen LogP contribution in [0.1, 0.15) is 17.0 Å². The molecule has 2 amide bonds. The van der Waals surface area contributed by atoms with E-state index < -0.39 is 47.5 Å². The quantitative estimate of drug-likeness (QED) is 0.629. The highest BCUT2D eigenvalue weighted by molar-refractivity contribution is 8.00. The van der Waals surface area contributed by atoms with Crippen molar-refractivity contribution in [2.45, 2.75) is 17.1 Å². The number of alkyl carbamates (subject to hydrolysis) is 1. The van der Waals surface area contributed by atoms with E-state index in [-0.39, 0.29) is 25.6 Å². The number of nitrogens with zero attached hydrogens (tertiary/aromatic N) is 1. The number of rotatable bonds is 6. The van der Waals surface area contributed by atoms with Crippen molar-refractivity contribution >= 4 is 29.7 Å². The minimum absolute atomic E-state index is 0.0608. The summed E-state index contributed by atoms with van der Waals surface area (Å²) in [5.41, 5.74) is 4.25. The summed E-state index contributed by atoms with van der Waals surface area (Å²) >= 11 is 1.19. The van der Waals surface area contributed by atoms with Gasteiger partial charge in [0.15, 0.2) is 0 Å². The Morgan fingerprint density at radius 3 is 2.34 bits per heavy atom. The Bertz CT molecular complexity index is 1130. The number of carboxylic acids is 1. The predicted molar refractivity (Wildman–Crippen MR) is 125 cm³/mol. The molecule has 1 heterocycles. The van der Waals surface area contributed by atoms with Crippen LogP contribution in [0, 0.1) is 11.8 Å². The van der Waals surface area contributed by atoms with Crippen LogP contribution in [-0.4, -0.2) is 71.1 Å². The molecule has 5 rings (SSSR count). The van der Waals surface area contributed by atoms with Crippen molar-refractivity contribution in [3.8, 4) is 11.1 Å². The highest BCUT2D eigenvalue weighted by Crippen LogP contribution is 2.56. The molecular weight excluding hydrogens is 478 g/mol. The number of carbonyl (C=O) groups is 3. The van der Waals surface area contributed by atoms with Crippen molar-refractivity contribution in [3.63, 3.8) is 0 Å². The van der Waals surface area contributed by atoms with Crippen molar-refractivity contribution < 1.29 is 33.0 Å². The average Bonchev–Trinajstić information content (AvgIpc) is 3.26. The molecule has 3 atom stereocenters. The van der Waals surface area contributed by atoms with Crippen LogP contribution < -0.4 is 5.32 Å². The second-order valence-electron chi connectivity index (χ2n) is 8.95. The standard InChI is InChI=1S/C25H24F2N2O5S/c26-25(27)19(21(25)22(30)29-9-10-35-20(12-29)23(31)32)11-28-24(33)34-13-18-16-7-3-1-5-14(16)15-6-2-4-8-17(15)18/h1-8,18-21H,9-13H2,(H,28,33)(H,31,32). The van der Waals surface area contributed by atoms with Gasteiger partial charge in [-0.2, -0.15) is 0 Å². The summed E-state index contributed by atoms with van der Waals surface area (Å²) < 4.78 is 34.1. The number of carbonyl (C=O) groups excluding carboxylic acids is 2. The zero-order valence-corrected chi connectivity index (χ0v) is 19.5. The Morgan fingerprint density at radius 2 is 1.71 bits per heavy atom. The molecule has 7 nitrogen and oxygen atoms in total. The number of hydrogen-bond donors (Lipinski definition) is 2. The fraction of sp³-hybridized carbons (Fsp3) is 0.400. The number of carboxylic acid groups (broad SMARTS) is 1. The van der Waals surface area contributed by atoms with Crippen LogP contribution in [0.15, 0.2) is 48.5 Å². The van der Waals surface area contributed by atoms with E-state index in [2.05, 4.69) is 5.32 Å². The predicted octanol–water partition coefficient (Wildman–Crippen LogP) is 3.44. The molecule has 2 aromatic rings. The third kappa shape index (κ3) is 4.35. The van der Waals surface area contributed by atoms with Gasteiger partial charge in [-0.3, -0.25) is 9.59 Å². The van der Waals surface area contributed by atoms with Crippen LogP contribution in [0.3, 0.4) is 0 Å². The molecule has 0 radical (unpaired) electrons. The summed E-state index contributed by atoms with van der Waals surface area (Å²) in [4.78, 5) is 37.4. The van der Waals surface area contributed by atoms with E-state index in [1.807, 2.05) is 48.5 Å². The molecule has 2 N–H and O–H groups in total. The first-order valence-corrected chi connectivity index (χ1v) is 12.4.